The number of benzene rings is 1. The SMILES string of the molecule is CCOc1cc(/C=N\NC(=O)C(=O)N[C@H](C)CC)cc(Cl)c1O. The molecule has 0 spiro atoms. The van der Waals surface area contributed by atoms with Gasteiger partial charge >= 0.3 is 11.8 Å². The maximum atomic E-state index is 11.5. The van der Waals surface area contributed by atoms with Gasteiger partial charge in [-0.25, -0.2) is 5.43 Å². The van der Waals surface area contributed by atoms with E-state index in [2.05, 4.69) is 15.8 Å². The van der Waals surface area contributed by atoms with Gasteiger partial charge in [0.15, 0.2) is 11.5 Å². The number of hydrogen-bond donors (Lipinski definition) is 3. The van der Waals surface area contributed by atoms with Crippen molar-refractivity contribution >= 4 is 29.6 Å². The molecule has 1 aromatic carbocycles. The molecule has 0 unspecified atom stereocenters. The van der Waals surface area contributed by atoms with E-state index < -0.39 is 11.8 Å². The van der Waals surface area contributed by atoms with Crippen LogP contribution in [0.25, 0.3) is 0 Å². The van der Waals surface area contributed by atoms with Crippen LogP contribution < -0.4 is 15.5 Å². The first kappa shape index (κ1) is 18.8. The van der Waals surface area contributed by atoms with Gasteiger partial charge in [-0.1, -0.05) is 18.5 Å². The fraction of sp³-hybridized carbons (Fsp3) is 0.400. The predicted molar refractivity (Wildman–Crippen MR) is 87.9 cm³/mol. The number of halogens is 1. The van der Waals surface area contributed by atoms with Crippen LogP contribution in [0.2, 0.25) is 5.02 Å². The summed E-state index contributed by atoms with van der Waals surface area (Å²) >= 11 is 5.88. The molecule has 7 nitrogen and oxygen atoms in total. The zero-order chi connectivity index (χ0) is 17.4. The van der Waals surface area contributed by atoms with Crippen LogP contribution in [-0.4, -0.2) is 35.8 Å². The van der Waals surface area contributed by atoms with Crippen LogP contribution in [0.1, 0.15) is 32.8 Å². The monoisotopic (exact) mass is 341 g/mol. The van der Waals surface area contributed by atoms with Crippen LogP contribution in [0.5, 0.6) is 11.5 Å². The van der Waals surface area contributed by atoms with Gasteiger partial charge in [0.25, 0.3) is 0 Å². The summed E-state index contributed by atoms with van der Waals surface area (Å²) in [5.74, 6) is -1.57. The van der Waals surface area contributed by atoms with Gasteiger partial charge in [-0.2, -0.15) is 5.10 Å². The van der Waals surface area contributed by atoms with Gasteiger partial charge in [0.05, 0.1) is 17.8 Å². The molecule has 0 aliphatic rings. The Kier molecular flexibility index (Phi) is 7.34. The molecule has 8 heteroatoms. The predicted octanol–water partition coefficient (Wildman–Crippen LogP) is 1.81. The zero-order valence-corrected chi connectivity index (χ0v) is 14.0. The third-order valence-electron chi connectivity index (χ3n) is 2.93. The number of carbonyl (C=O) groups is 2. The molecule has 0 bridgehead atoms. The molecule has 126 valence electrons. The summed E-state index contributed by atoms with van der Waals surface area (Å²) in [6.07, 6.45) is 2.01. The second-order valence-electron chi connectivity index (χ2n) is 4.76. The average molecular weight is 342 g/mol. The van der Waals surface area contributed by atoms with Gasteiger partial charge in [-0.3, -0.25) is 9.59 Å². The Bertz CT molecular complexity index is 605. The number of carbonyl (C=O) groups excluding carboxylic acids is 2. The molecule has 0 saturated heterocycles. The van der Waals surface area contributed by atoms with Crippen molar-refractivity contribution in [2.24, 2.45) is 5.10 Å². The highest BCUT2D eigenvalue weighted by Crippen LogP contribution is 2.34. The number of phenolic OH excluding ortho intramolecular Hbond substituents is 1. The van der Waals surface area contributed by atoms with Crippen molar-refractivity contribution in [1.82, 2.24) is 10.7 Å². The van der Waals surface area contributed by atoms with E-state index in [9.17, 15) is 14.7 Å². The maximum Gasteiger partial charge on any atom is 0.329 e. The van der Waals surface area contributed by atoms with Crippen molar-refractivity contribution in [1.29, 1.82) is 0 Å². The lowest BCUT2D eigenvalue weighted by molar-refractivity contribution is -0.139. The van der Waals surface area contributed by atoms with Gasteiger partial charge < -0.3 is 15.2 Å². The zero-order valence-electron chi connectivity index (χ0n) is 13.2. The Morgan fingerprint density at radius 2 is 2.09 bits per heavy atom. The first-order valence-corrected chi connectivity index (χ1v) is 7.56. The molecule has 0 saturated carbocycles. The van der Waals surface area contributed by atoms with Gasteiger partial charge in [0.2, 0.25) is 0 Å². The van der Waals surface area contributed by atoms with E-state index in [0.29, 0.717) is 18.6 Å². The number of nitrogens with one attached hydrogen (secondary N) is 2. The molecule has 1 aromatic rings. The summed E-state index contributed by atoms with van der Waals surface area (Å²) in [4.78, 5) is 23.1. The molecule has 0 aromatic heterocycles. The molecule has 3 N–H and O–H groups in total. The second kappa shape index (κ2) is 8.99. The molecule has 1 rings (SSSR count). The molecular formula is C15H20ClN3O4. The fourth-order valence-corrected chi connectivity index (χ4v) is 1.76. The van der Waals surface area contributed by atoms with Crippen LogP contribution in [-0.2, 0) is 9.59 Å². The second-order valence-corrected chi connectivity index (χ2v) is 5.17. The highest BCUT2D eigenvalue weighted by atomic mass is 35.5. The van der Waals surface area contributed by atoms with Crippen LogP contribution in [0.15, 0.2) is 17.2 Å². The molecule has 0 fully saturated rings. The van der Waals surface area contributed by atoms with E-state index in [1.54, 1.807) is 13.8 Å². The number of ether oxygens (including phenoxy) is 1. The minimum atomic E-state index is -0.864. The molecule has 2 amide bonds. The summed E-state index contributed by atoms with van der Waals surface area (Å²) in [6, 6.07) is 2.87. The molecule has 23 heavy (non-hydrogen) atoms. The average Bonchev–Trinajstić information content (AvgIpc) is 2.51. The van der Waals surface area contributed by atoms with Gasteiger partial charge in [0, 0.05) is 6.04 Å². The first-order valence-electron chi connectivity index (χ1n) is 7.18. The van der Waals surface area contributed by atoms with Gasteiger partial charge in [0.1, 0.15) is 0 Å². The van der Waals surface area contributed by atoms with Crippen molar-refractivity contribution in [2.75, 3.05) is 6.61 Å². The van der Waals surface area contributed by atoms with E-state index >= 15 is 0 Å². The summed E-state index contributed by atoms with van der Waals surface area (Å²) in [7, 11) is 0. The summed E-state index contributed by atoms with van der Waals surface area (Å²) in [5.41, 5.74) is 2.62. The minimum absolute atomic E-state index is 0.0955. The Morgan fingerprint density at radius 3 is 2.70 bits per heavy atom. The number of rotatable bonds is 6. The number of aromatic hydroxyl groups is 1. The Balaban J connectivity index is 2.71. The van der Waals surface area contributed by atoms with Crippen molar-refractivity contribution < 1.29 is 19.4 Å². The summed E-state index contributed by atoms with van der Waals surface area (Å²) < 4.78 is 5.23. The molecule has 0 radical (unpaired) electrons. The van der Waals surface area contributed by atoms with Gasteiger partial charge in [-0.15, -0.1) is 0 Å². The highest BCUT2D eigenvalue weighted by Gasteiger charge is 2.14. The number of hydrazone groups is 1. The van der Waals surface area contributed by atoms with E-state index in [-0.39, 0.29) is 22.6 Å². The highest BCUT2D eigenvalue weighted by molar-refractivity contribution is 6.35. The normalized spacial score (nSPS) is 12.0. The molecule has 0 aliphatic heterocycles. The third-order valence-corrected chi connectivity index (χ3v) is 3.21. The standard InChI is InChI=1S/C15H20ClN3O4/c1-4-9(3)18-14(21)15(22)19-17-8-10-6-11(16)13(20)12(7-10)23-5-2/h6-9,20H,4-5H2,1-3H3,(H,18,21)(H,19,22)/b17-8-/t9-/m1/s1. The van der Waals surface area contributed by atoms with Crippen LogP contribution >= 0.6 is 11.6 Å². The molecule has 1 atom stereocenters. The summed E-state index contributed by atoms with van der Waals surface area (Å²) in [6.45, 7) is 5.81. The number of phenols is 1. The van der Waals surface area contributed by atoms with E-state index in [1.807, 2.05) is 6.92 Å². The Hall–Kier alpha value is -2.28. The van der Waals surface area contributed by atoms with Gasteiger partial charge in [-0.05, 0) is 38.0 Å². The lowest BCUT2D eigenvalue weighted by atomic mass is 10.2. The van der Waals surface area contributed by atoms with Crippen molar-refractivity contribution in [3.8, 4) is 11.5 Å². The smallest absolute Gasteiger partial charge is 0.329 e. The maximum absolute atomic E-state index is 11.5. The van der Waals surface area contributed by atoms with Crippen molar-refractivity contribution in [2.45, 2.75) is 33.2 Å². The Labute approximate surface area is 139 Å². The van der Waals surface area contributed by atoms with Crippen molar-refractivity contribution in [3.05, 3.63) is 22.7 Å². The quantitative estimate of drug-likeness (QED) is 0.417. The van der Waals surface area contributed by atoms with Crippen LogP contribution in [0, 0.1) is 0 Å². The summed E-state index contributed by atoms with van der Waals surface area (Å²) in [5, 5.41) is 16.0. The molecule has 0 aliphatic carbocycles. The van der Waals surface area contributed by atoms with E-state index in [4.69, 9.17) is 16.3 Å². The fourth-order valence-electron chi connectivity index (χ4n) is 1.54. The molecular weight excluding hydrogens is 322 g/mol. The first-order chi connectivity index (χ1) is 10.9. The van der Waals surface area contributed by atoms with Crippen LogP contribution in [0.3, 0.4) is 0 Å². The lowest BCUT2D eigenvalue weighted by Gasteiger charge is -2.09. The van der Waals surface area contributed by atoms with Crippen LogP contribution in [0.4, 0.5) is 0 Å². The Morgan fingerprint density at radius 1 is 1.39 bits per heavy atom. The van der Waals surface area contributed by atoms with E-state index in [0.717, 1.165) is 0 Å². The number of amides is 2. The lowest BCUT2D eigenvalue weighted by Crippen LogP contribution is -2.41. The third kappa shape index (κ3) is 5.78. The minimum Gasteiger partial charge on any atom is -0.503 e. The number of nitrogens with zero attached hydrogens (tertiary/aromatic N) is 1. The topological polar surface area (TPSA) is 100 Å². The van der Waals surface area contributed by atoms with Crippen molar-refractivity contribution in [3.63, 3.8) is 0 Å². The van der Waals surface area contributed by atoms with E-state index in [1.165, 1.54) is 18.3 Å². The number of hydrogen-bond acceptors (Lipinski definition) is 5. The molecule has 0 heterocycles. The largest absolute Gasteiger partial charge is 0.503 e.